The summed E-state index contributed by atoms with van der Waals surface area (Å²) in [5.41, 5.74) is 12.7. The van der Waals surface area contributed by atoms with Crippen LogP contribution in [0.3, 0.4) is 0 Å². The maximum Gasteiger partial charge on any atom is 0.121 e. The van der Waals surface area contributed by atoms with Crippen LogP contribution in [0.1, 0.15) is 47.4 Å². The number of aryl methyl sites for hydroxylation is 2. The Morgan fingerprint density at radius 3 is 2.93 bits per heavy atom. The van der Waals surface area contributed by atoms with E-state index in [-0.39, 0.29) is 6.04 Å². The number of rotatable bonds is 6. The molecule has 0 saturated heterocycles. The smallest absolute Gasteiger partial charge is 0.121 e. The summed E-state index contributed by atoms with van der Waals surface area (Å²) in [7, 11) is 2.00. The summed E-state index contributed by atoms with van der Waals surface area (Å²) in [6, 6.07) is 12.6. The summed E-state index contributed by atoms with van der Waals surface area (Å²) >= 11 is 0. The number of pyridine rings is 1. The third-order valence-electron chi connectivity index (χ3n) is 6.09. The zero-order chi connectivity index (χ0) is 20.5. The summed E-state index contributed by atoms with van der Waals surface area (Å²) in [4.78, 5) is 20.2. The standard InChI is InChI=1S/C23H27N7/c1-29-15-26-19(21(29)12-24)13-30(14-22-27-17-8-2-3-9-18(17)28-22)20-10-4-6-16-7-5-11-25-23(16)20/h2-3,5,7-9,11,15,20H,4,6,10,12-14,24H2,1H3,(H,27,28). The van der Waals surface area contributed by atoms with E-state index in [1.165, 1.54) is 11.3 Å². The number of aromatic nitrogens is 5. The first-order chi connectivity index (χ1) is 14.7. The zero-order valence-electron chi connectivity index (χ0n) is 17.3. The highest BCUT2D eigenvalue weighted by Crippen LogP contribution is 2.34. The number of imidazole rings is 2. The Morgan fingerprint density at radius 1 is 1.17 bits per heavy atom. The molecule has 5 rings (SSSR count). The van der Waals surface area contributed by atoms with Gasteiger partial charge in [-0.05, 0) is 43.0 Å². The minimum absolute atomic E-state index is 0.232. The van der Waals surface area contributed by atoms with Gasteiger partial charge < -0.3 is 15.3 Å². The van der Waals surface area contributed by atoms with Crippen molar-refractivity contribution in [3.63, 3.8) is 0 Å². The van der Waals surface area contributed by atoms with Crippen molar-refractivity contribution in [3.8, 4) is 0 Å². The van der Waals surface area contributed by atoms with E-state index in [0.29, 0.717) is 19.6 Å². The first-order valence-electron chi connectivity index (χ1n) is 10.5. The zero-order valence-corrected chi connectivity index (χ0v) is 17.3. The van der Waals surface area contributed by atoms with Gasteiger partial charge in [-0.15, -0.1) is 0 Å². The predicted molar refractivity (Wildman–Crippen MR) is 116 cm³/mol. The molecule has 0 bridgehead atoms. The Morgan fingerprint density at radius 2 is 2.07 bits per heavy atom. The molecule has 1 atom stereocenters. The molecule has 1 aliphatic rings. The number of nitrogens with zero attached hydrogens (tertiary/aromatic N) is 5. The van der Waals surface area contributed by atoms with Gasteiger partial charge in [0, 0.05) is 26.3 Å². The Balaban J connectivity index is 1.52. The Bertz CT molecular complexity index is 1130. The predicted octanol–water partition coefficient (Wildman–Crippen LogP) is 3.23. The van der Waals surface area contributed by atoms with E-state index < -0.39 is 0 Å². The van der Waals surface area contributed by atoms with Gasteiger partial charge in [0.1, 0.15) is 5.82 Å². The number of nitrogens with two attached hydrogens (primary N) is 1. The Hall–Kier alpha value is -3.03. The largest absolute Gasteiger partial charge is 0.341 e. The maximum atomic E-state index is 6.02. The molecule has 154 valence electrons. The minimum atomic E-state index is 0.232. The van der Waals surface area contributed by atoms with Gasteiger partial charge in [-0.2, -0.15) is 0 Å². The average Bonchev–Trinajstić information content (AvgIpc) is 3.35. The molecular formula is C23H27N7. The molecule has 7 heteroatoms. The van der Waals surface area contributed by atoms with Gasteiger partial charge in [-0.1, -0.05) is 18.2 Å². The van der Waals surface area contributed by atoms with Crippen LogP contribution in [0.5, 0.6) is 0 Å². The molecular weight excluding hydrogens is 374 g/mol. The molecule has 1 aromatic carbocycles. The van der Waals surface area contributed by atoms with Crippen LogP contribution < -0.4 is 5.73 Å². The number of fused-ring (bicyclic) bond motifs is 2. The molecule has 0 fully saturated rings. The monoisotopic (exact) mass is 401 g/mol. The van der Waals surface area contributed by atoms with Crippen molar-refractivity contribution in [3.05, 3.63) is 77.4 Å². The fourth-order valence-corrected chi connectivity index (χ4v) is 4.58. The quantitative estimate of drug-likeness (QED) is 0.518. The van der Waals surface area contributed by atoms with E-state index in [1.807, 2.05) is 48.4 Å². The normalized spacial score (nSPS) is 16.3. The number of hydrogen-bond acceptors (Lipinski definition) is 5. The minimum Gasteiger partial charge on any atom is -0.341 e. The van der Waals surface area contributed by atoms with E-state index in [4.69, 9.17) is 15.7 Å². The molecule has 0 aliphatic heterocycles. The number of aromatic amines is 1. The van der Waals surface area contributed by atoms with Gasteiger partial charge >= 0.3 is 0 Å². The van der Waals surface area contributed by atoms with Crippen LogP contribution in [-0.4, -0.2) is 29.4 Å². The van der Waals surface area contributed by atoms with Crippen molar-refractivity contribution in [2.75, 3.05) is 0 Å². The summed E-state index contributed by atoms with van der Waals surface area (Å²) in [6.07, 6.45) is 7.09. The van der Waals surface area contributed by atoms with Crippen molar-refractivity contribution < 1.29 is 0 Å². The molecule has 1 unspecified atom stereocenters. The summed E-state index contributed by atoms with van der Waals surface area (Å²) in [5, 5.41) is 0. The molecule has 3 heterocycles. The second kappa shape index (κ2) is 8.01. The summed E-state index contributed by atoms with van der Waals surface area (Å²) in [5.74, 6) is 0.962. The lowest BCUT2D eigenvalue weighted by molar-refractivity contribution is 0.151. The topological polar surface area (TPSA) is 88.7 Å². The molecule has 1 aliphatic carbocycles. The molecule has 3 aromatic heterocycles. The van der Waals surface area contributed by atoms with Crippen molar-refractivity contribution in [2.24, 2.45) is 12.8 Å². The maximum absolute atomic E-state index is 6.02. The van der Waals surface area contributed by atoms with E-state index in [2.05, 4.69) is 27.0 Å². The second-order valence-electron chi connectivity index (χ2n) is 8.01. The Kier molecular flexibility index (Phi) is 5.06. The molecule has 0 spiro atoms. The van der Waals surface area contributed by atoms with Crippen LogP contribution in [0.15, 0.2) is 48.9 Å². The van der Waals surface area contributed by atoms with Gasteiger partial charge in [0.2, 0.25) is 0 Å². The SMILES string of the molecule is Cn1cnc(CN(Cc2nc3ccccc3[nH]2)C2CCCc3cccnc32)c1CN. The summed E-state index contributed by atoms with van der Waals surface area (Å²) in [6.45, 7) is 1.89. The lowest BCUT2D eigenvalue weighted by Crippen LogP contribution is -2.32. The molecule has 3 N–H and O–H groups in total. The highest BCUT2D eigenvalue weighted by Gasteiger charge is 2.29. The van der Waals surface area contributed by atoms with Gasteiger partial charge in [0.05, 0.1) is 47.0 Å². The van der Waals surface area contributed by atoms with E-state index in [9.17, 15) is 0 Å². The highest BCUT2D eigenvalue weighted by molar-refractivity contribution is 5.74. The van der Waals surface area contributed by atoms with Crippen molar-refractivity contribution in [2.45, 2.75) is 44.9 Å². The van der Waals surface area contributed by atoms with E-state index >= 15 is 0 Å². The van der Waals surface area contributed by atoms with Crippen LogP contribution in [-0.2, 0) is 33.1 Å². The molecule has 7 nitrogen and oxygen atoms in total. The number of nitrogens with one attached hydrogen (secondary N) is 1. The fourth-order valence-electron chi connectivity index (χ4n) is 4.58. The molecule has 0 saturated carbocycles. The van der Waals surface area contributed by atoms with Crippen LogP contribution in [0.25, 0.3) is 11.0 Å². The van der Waals surface area contributed by atoms with Gasteiger partial charge in [-0.25, -0.2) is 9.97 Å². The number of benzene rings is 1. The van der Waals surface area contributed by atoms with Gasteiger partial charge in [0.25, 0.3) is 0 Å². The van der Waals surface area contributed by atoms with Crippen molar-refractivity contribution in [1.82, 2.24) is 29.4 Å². The molecule has 0 amide bonds. The third kappa shape index (κ3) is 3.51. The average molecular weight is 402 g/mol. The van der Waals surface area contributed by atoms with Crippen LogP contribution >= 0.6 is 0 Å². The Labute approximate surface area is 176 Å². The van der Waals surface area contributed by atoms with Gasteiger partial charge in [0.15, 0.2) is 0 Å². The van der Waals surface area contributed by atoms with Crippen LogP contribution in [0.2, 0.25) is 0 Å². The molecule has 0 radical (unpaired) electrons. The van der Waals surface area contributed by atoms with Crippen LogP contribution in [0.4, 0.5) is 0 Å². The first kappa shape index (κ1) is 19.0. The number of para-hydroxylation sites is 2. The second-order valence-corrected chi connectivity index (χ2v) is 8.01. The first-order valence-corrected chi connectivity index (χ1v) is 10.5. The third-order valence-corrected chi connectivity index (χ3v) is 6.09. The molecule has 30 heavy (non-hydrogen) atoms. The van der Waals surface area contributed by atoms with Crippen molar-refractivity contribution >= 4 is 11.0 Å². The number of H-pyrrole nitrogens is 1. The van der Waals surface area contributed by atoms with E-state index in [1.54, 1.807) is 0 Å². The lowest BCUT2D eigenvalue weighted by Gasteiger charge is -2.34. The fraction of sp³-hybridized carbons (Fsp3) is 0.348. The van der Waals surface area contributed by atoms with Gasteiger partial charge in [-0.3, -0.25) is 9.88 Å². The summed E-state index contributed by atoms with van der Waals surface area (Å²) < 4.78 is 2.02. The van der Waals surface area contributed by atoms with Crippen molar-refractivity contribution in [1.29, 1.82) is 0 Å². The molecule has 4 aromatic rings. The van der Waals surface area contributed by atoms with Crippen LogP contribution in [0, 0.1) is 0 Å². The number of hydrogen-bond donors (Lipinski definition) is 2. The lowest BCUT2D eigenvalue weighted by atomic mass is 9.90. The van der Waals surface area contributed by atoms with E-state index in [0.717, 1.165) is 47.5 Å². The highest BCUT2D eigenvalue weighted by atomic mass is 15.2.